The molecule has 3 aromatic rings. The van der Waals surface area contributed by atoms with Crippen LogP contribution in [0.3, 0.4) is 0 Å². The molecule has 0 bridgehead atoms. The molecule has 0 fully saturated rings. The fraction of sp³-hybridized carbons (Fsp3) is 0.286. The zero-order valence-electron chi connectivity index (χ0n) is 17.1. The molecule has 9 nitrogen and oxygen atoms in total. The number of azo groups is 1. The van der Waals surface area contributed by atoms with E-state index in [1.54, 1.807) is 24.3 Å². The molecule has 0 aliphatic heterocycles. The fourth-order valence-corrected chi connectivity index (χ4v) is 3.66. The number of carbonyl (C=O) groups is 1. The lowest BCUT2D eigenvalue weighted by Crippen LogP contribution is -2.26. The Balaban J connectivity index is 1.74. The van der Waals surface area contributed by atoms with Gasteiger partial charge < -0.3 is 9.64 Å². The number of carbonyl (C=O) groups excluding carboxylic acids is 1. The summed E-state index contributed by atoms with van der Waals surface area (Å²) >= 11 is 1.21. The lowest BCUT2D eigenvalue weighted by molar-refractivity contribution is -0.141. The van der Waals surface area contributed by atoms with Crippen molar-refractivity contribution in [1.82, 2.24) is 4.37 Å². The number of esters is 1. The van der Waals surface area contributed by atoms with E-state index in [0.717, 1.165) is 22.2 Å². The van der Waals surface area contributed by atoms with E-state index in [9.17, 15) is 9.70 Å². The van der Waals surface area contributed by atoms with Gasteiger partial charge in [-0.05, 0) is 72.5 Å². The molecule has 1 heterocycles. The molecule has 0 N–H and O–H groups in total. The largest absolute Gasteiger partial charge is 0.450 e. The SMILES string of the molecule is CCN(CCC(=O)OCC#N)c1ccc(N=Nc2snc3ccc(N=O)cc23)c(C)c1. The lowest BCUT2D eigenvalue weighted by atomic mass is 10.1. The first-order chi connectivity index (χ1) is 15.0. The van der Waals surface area contributed by atoms with Crippen LogP contribution in [0.5, 0.6) is 0 Å². The summed E-state index contributed by atoms with van der Waals surface area (Å²) < 4.78 is 9.11. The second kappa shape index (κ2) is 10.4. The zero-order valence-corrected chi connectivity index (χ0v) is 17.9. The number of nitrogens with zero attached hydrogens (tertiary/aromatic N) is 6. The van der Waals surface area contributed by atoms with E-state index in [1.165, 1.54) is 11.5 Å². The summed E-state index contributed by atoms with van der Waals surface area (Å²) in [7, 11) is 0. The third-order valence-electron chi connectivity index (χ3n) is 4.61. The molecule has 0 atom stereocenters. The summed E-state index contributed by atoms with van der Waals surface area (Å²) in [6.07, 6.45) is 0.201. The zero-order chi connectivity index (χ0) is 22.2. The summed E-state index contributed by atoms with van der Waals surface area (Å²) in [5, 5.41) is 21.4. The van der Waals surface area contributed by atoms with Gasteiger partial charge in [-0.1, -0.05) is 0 Å². The van der Waals surface area contributed by atoms with Crippen molar-refractivity contribution >= 4 is 50.5 Å². The maximum atomic E-state index is 11.7. The second-order valence-electron chi connectivity index (χ2n) is 6.60. The molecule has 0 amide bonds. The van der Waals surface area contributed by atoms with Crippen LogP contribution in [0.4, 0.5) is 22.1 Å². The minimum atomic E-state index is -0.396. The molecule has 158 valence electrons. The highest BCUT2D eigenvalue weighted by atomic mass is 32.1. The van der Waals surface area contributed by atoms with Crippen LogP contribution in [0.25, 0.3) is 10.9 Å². The maximum Gasteiger partial charge on any atom is 0.308 e. The number of benzene rings is 2. The quantitative estimate of drug-likeness (QED) is 0.241. The smallest absolute Gasteiger partial charge is 0.308 e. The van der Waals surface area contributed by atoms with E-state index in [1.807, 2.05) is 36.9 Å². The molecule has 0 saturated heterocycles. The molecule has 1 aromatic heterocycles. The van der Waals surface area contributed by atoms with Crippen LogP contribution in [-0.2, 0) is 9.53 Å². The molecule has 0 unspecified atom stereocenters. The number of nitroso groups, excluding NO2 is 1. The first kappa shape index (κ1) is 22.0. The van der Waals surface area contributed by atoms with Crippen molar-refractivity contribution in [2.45, 2.75) is 20.3 Å². The number of ether oxygens (including phenoxy) is 1. The third kappa shape index (κ3) is 5.46. The topological polar surface area (TPSA) is 120 Å². The molecule has 2 aromatic carbocycles. The van der Waals surface area contributed by atoms with Crippen LogP contribution < -0.4 is 4.90 Å². The average Bonchev–Trinajstić information content (AvgIpc) is 3.19. The molecular formula is C21H20N6O3S. The highest BCUT2D eigenvalue weighted by Crippen LogP contribution is 2.35. The van der Waals surface area contributed by atoms with Gasteiger partial charge >= 0.3 is 5.97 Å². The van der Waals surface area contributed by atoms with E-state index in [4.69, 9.17) is 10.00 Å². The average molecular weight is 436 g/mol. The van der Waals surface area contributed by atoms with Gasteiger partial charge in [-0.25, -0.2) is 0 Å². The van der Waals surface area contributed by atoms with Gasteiger partial charge in [0.1, 0.15) is 11.8 Å². The Hall–Kier alpha value is -3.71. The highest BCUT2D eigenvalue weighted by Gasteiger charge is 2.11. The van der Waals surface area contributed by atoms with E-state index in [2.05, 4.69) is 19.8 Å². The number of rotatable bonds is 9. The van der Waals surface area contributed by atoms with Crippen molar-refractivity contribution in [2.75, 3.05) is 24.6 Å². The third-order valence-corrected chi connectivity index (χ3v) is 5.37. The van der Waals surface area contributed by atoms with Crippen LogP contribution in [-0.4, -0.2) is 30.0 Å². The molecule has 0 saturated carbocycles. The van der Waals surface area contributed by atoms with Gasteiger partial charge in [-0.15, -0.1) is 15.1 Å². The van der Waals surface area contributed by atoms with E-state index >= 15 is 0 Å². The standard InChI is InChI=1S/C21H20N6O3S/c1-3-27(10-8-20(28)30-11-9-22)16-5-7-18(14(2)12-16)23-24-21-17-13-15(25-29)4-6-19(17)26-31-21/h4-7,12-13H,3,8,10-11H2,1-2H3. The molecule has 0 radical (unpaired) electrons. The lowest BCUT2D eigenvalue weighted by Gasteiger charge is -2.23. The summed E-state index contributed by atoms with van der Waals surface area (Å²) in [6, 6.07) is 12.6. The fourth-order valence-electron chi connectivity index (χ4n) is 2.97. The summed E-state index contributed by atoms with van der Waals surface area (Å²) in [5.74, 6) is -0.396. The number of hydrogen-bond donors (Lipinski definition) is 0. The minimum absolute atomic E-state index is 0.201. The van der Waals surface area contributed by atoms with Crippen LogP contribution in [0.15, 0.2) is 51.8 Å². The van der Waals surface area contributed by atoms with Gasteiger partial charge in [0, 0.05) is 24.2 Å². The van der Waals surface area contributed by atoms with Gasteiger partial charge in [-0.3, -0.25) is 4.79 Å². The maximum absolute atomic E-state index is 11.7. The molecule has 3 rings (SSSR count). The molecule has 10 heteroatoms. The highest BCUT2D eigenvalue weighted by molar-refractivity contribution is 7.11. The van der Waals surface area contributed by atoms with Crippen LogP contribution >= 0.6 is 11.5 Å². The summed E-state index contributed by atoms with van der Waals surface area (Å²) in [4.78, 5) is 24.5. The Labute approximate surface area is 183 Å². The predicted molar refractivity (Wildman–Crippen MR) is 120 cm³/mol. The monoisotopic (exact) mass is 436 g/mol. The molecular weight excluding hydrogens is 416 g/mol. The number of fused-ring (bicyclic) bond motifs is 1. The summed E-state index contributed by atoms with van der Waals surface area (Å²) in [5.41, 5.74) is 3.65. The number of anilines is 1. The Morgan fingerprint density at radius 3 is 2.81 bits per heavy atom. The Kier molecular flexibility index (Phi) is 7.35. The first-order valence-corrected chi connectivity index (χ1v) is 10.4. The van der Waals surface area contributed by atoms with Crippen molar-refractivity contribution in [3.05, 3.63) is 46.9 Å². The number of hydrogen-bond acceptors (Lipinski definition) is 10. The van der Waals surface area contributed by atoms with Crippen LogP contribution in [0.2, 0.25) is 0 Å². The van der Waals surface area contributed by atoms with Gasteiger partial charge in [0.25, 0.3) is 0 Å². The molecule has 0 spiro atoms. The number of aryl methyl sites for hydroxylation is 1. The van der Waals surface area contributed by atoms with E-state index in [0.29, 0.717) is 29.5 Å². The number of nitriles is 1. The Bertz CT molecular complexity index is 1170. The van der Waals surface area contributed by atoms with Crippen molar-refractivity contribution in [3.8, 4) is 6.07 Å². The Morgan fingerprint density at radius 2 is 2.10 bits per heavy atom. The van der Waals surface area contributed by atoms with Gasteiger partial charge in [0.05, 0.1) is 17.6 Å². The van der Waals surface area contributed by atoms with Crippen LogP contribution in [0.1, 0.15) is 18.9 Å². The predicted octanol–water partition coefficient (Wildman–Crippen LogP) is 5.70. The summed E-state index contributed by atoms with van der Waals surface area (Å²) in [6.45, 7) is 4.91. The molecule has 31 heavy (non-hydrogen) atoms. The van der Waals surface area contributed by atoms with E-state index in [-0.39, 0.29) is 13.0 Å². The number of aromatic nitrogens is 1. The van der Waals surface area contributed by atoms with Gasteiger partial charge in [-0.2, -0.15) is 9.64 Å². The molecule has 0 aliphatic carbocycles. The van der Waals surface area contributed by atoms with Crippen molar-refractivity contribution < 1.29 is 9.53 Å². The second-order valence-corrected chi connectivity index (χ2v) is 7.35. The van der Waals surface area contributed by atoms with Gasteiger partial charge in [0.15, 0.2) is 11.6 Å². The van der Waals surface area contributed by atoms with Gasteiger partial charge in [0.2, 0.25) is 0 Å². The van der Waals surface area contributed by atoms with Crippen molar-refractivity contribution in [1.29, 1.82) is 5.26 Å². The van der Waals surface area contributed by atoms with Crippen LogP contribution in [0, 0.1) is 23.2 Å². The normalized spacial score (nSPS) is 10.9. The van der Waals surface area contributed by atoms with Crippen molar-refractivity contribution in [2.24, 2.45) is 15.4 Å². The van der Waals surface area contributed by atoms with E-state index < -0.39 is 5.97 Å². The first-order valence-electron chi connectivity index (χ1n) is 9.58. The van der Waals surface area contributed by atoms with Crippen molar-refractivity contribution in [3.63, 3.8) is 0 Å². The minimum Gasteiger partial charge on any atom is -0.450 e. The Morgan fingerprint density at radius 1 is 1.26 bits per heavy atom. The molecule has 0 aliphatic rings.